The van der Waals surface area contributed by atoms with E-state index in [9.17, 15) is 19.2 Å². The summed E-state index contributed by atoms with van der Waals surface area (Å²) in [7, 11) is 0. The normalized spacial score (nSPS) is 27.1. The number of amides is 4. The molecule has 2 unspecified atom stereocenters. The predicted octanol–water partition coefficient (Wildman–Crippen LogP) is -2.01. The summed E-state index contributed by atoms with van der Waals surface area (Å²) in [6.45, 7) is 0.397. The zero-order valence-corrected chi connectivity index (χ0v) is 10.7. The minimum atomic E-state index is -1.16. The second-order valence-corrected chi connectivity index (χ2v) is 5.06. The molecule has 2 fully saturated rings. The molecule has 0 bridgehead atoms. The van der Waals surface area contributed by atoms with E-state index in [-0.39, 0.29) is 6.54 Å². The Hall–Kier alpha value is -2.16. The zero-order chi connectivity index (χ0) is 14.9. The fourth-order valence-corrected chi connectivity index (χ4v) is 2.57. The maximum Gasteiger partial charge on any atom is 0.322 e. The minimum Gasteiger partial charge on any atom is -0.481 e. The van der Waals surface area contributed by atoms with Crippen molar-refractivity contribution in [1.82, 2.24) is 15.5 Å². The number of hydrogen-bond donors (Lipinski definition) is 4. The van der Waals surface area contributed by atoms with Gasteiger partial charge in [-0.25, -0.2) is 4.79 Å². The molecule has 1 spiro atoms. The number of carboxylic acid groups (broad SMARTS) is 1. The van der Waals surface area contributed by atoms with Gasteiger partial charge in [0.15, 0.2) is 0 Å². The van der Waals surface area contributed by atoms with Crippen LogP contribution in [-0.4, -0.2) is 58.5 Å². The van der Waals surface area contributed by atoms with Crippen molar-refractivity contribution < 1.29 is 24.3 Å². The number of nitrogens with one attached hydrogen (secondary N) is 2. The number of nitrogens with zero attached hydrogens (tertiary/aromatic N) is 1. The Morgan fingerprint density at radius 3 is 2.70 bits per heavy atom. The lowest BCUT2D eigenvalue weighted by atomic mass is 9.89. The summed E-state index contributed by atoms with van der Waals surface area (Å²) in [6, 6.07) is -1.73. The third kappa shape index (κ3) is 2.57. The van der Waals surface area contributed by atoms with Gasteiger partial charge in [0.2, 0.25) is 5.91 Å². The minimum absolute atomic E-state index is 0.0106. The van der Waals surface area contributed by atoms with Crippen LogP contribution in [0.15, 0.2) is 0 Å². The van der Waals surface area contributed by atoms with E-state index in [2.05, 4.69) is 10.6 Å². The number of urea groups is 1. The smallest absolute Gasteiger partial charge is 0.322 e. The molecule has 0 aliphatic carbocycles. The highest BCUT2D eigenvalue weighted by atomic mass is 16.4. The first-order valence-corrected chi connectivity index (χ1v) is 6.24. The van der Waals surface area contributed by atoms with E-state index in [0.717, 1.165) is 0 Å². The van der Waals surface area contributed by atoms with E-state index in [0.29, 0.717) is 19.4 Å². The molecule has 0 aromatic heterocycles. The Balaban J connectivity index is 2.07. The maximum atomic E-state index is 12.1. The molecule has 4 amide bonds. The Bertz CT molecular complexity index is 479. The van der Waals surface area contributed by atoms with Crippen LogP contribution in [0, 0.1) is 0 Å². The number of likely N-dealkylation sites (tertiary alicyclic amines) is 1. The van der Waals surface area contributed by atoms with Crippen LogP contribution in [-0.2, 0) is 14.4 Å². The topological polar surface area (TPSA) is 142 Å². The predicted molar refractivity (Wildman–Crippen MR) is 65.4 cm³/mol. The summed E-state index contributed by atoms with van der Waals surface area (Å²) in [6.07, 6.45) is 0.489. The molecule has 2 saturated heterocycles. The third-order valence-electron chi connectivity index (χ3n) is 3.53. The molecule has 2 aliphatic heterocycles. The van der Waals surface area contributed by atoms with E-state index < -0.39 is 41.8 Å². The number of carboxylic acids is 1. The first kappa shape index (κ1) is 14.3. The SMILES string of the molecule is NC(CC(=O)O)C(=O)N1CCCC2(C1)NC(=O)NC2=O. The van der Waals surface area contributed by atoms with Gasteiger partial charge >= 0.3 is 12.0 Å². The van der Waals surface area contributed by atoms with Gasteiger partial charge in [-0.3, -0.25) is 19.7 Å². The molecule has 0 aromatic carbocycles. The molecule has 9 nitrogen and oxygen atoms in total. The molecule has 0 aromatic rings. The van der Waals surface area contributed by atoms with E-state index in [1.54, 1.807) is 0 Å². The molecule has 5 N–H and O–H groups in total. The number of rotatable bonds is 3. The molecule has 2 aliphatic rings. The molecule has 0 saturated carbocycles. The molecule has 2 rings (SSSR count). The van der Waals surface area contributed by atoms with Crippen LogP contribution in [0.1, 0.15) is 19.3 Å². The van der Waals surface area contributed by atoms with Gasteiger partial charge in [0.25, 0.3) is 5.91 Å². The van der Waals surface area contributed by atoms with Gasteiger partial charge in [-0.15, -0.1) is 0 Å². The largest absolute Gasteiger partial charge is 0.481 e. The molecule has 2 heterocycles. The summed E-state index contributed by atoms with van der Waals surface area (Å²) >= 11 is 0. The van der Waals surface area contributed by atoms with Gasteiger partial charge < -0.3 is 21.1 Å². The monoisotopic (exact) mass is 284 g/mol. The number of carbonyl (C=O) groups excluding carboxylic acids is 3. The summed E-state index contributed by atoms with van der Waals surface area (Å²) in [5.74, 6) is -2.16. The lowest BCUT2D eigenvalue weighted by molar-refractivity contribution is -0.143. The number of nitrogens with two attached hydrogens (primary N) is 1. The third-order valence-corrected chi connectivity index (χ3v) is 3.53. The summed E-state index contributed by atoms with van der Waals surface area (Å²) in [5.41, 5.74) is 4.42. The summed E-state index contributed by atoms with van der Waals surface area (Å²) in [5, 5.41) is 13.3. The van der Waals surface area contributed by atoms with Crippen LogP contribution in [0.4, 0.5) is 4.79 Å². The Kier molecular flexibility index (Phi) is 3.62. The Morgan fingerprint density at radius 2 is 2.15 bits per heavy atom. The summed E-state index contributed by atoms with van der Waals surface area (Å²) < 4.78 is 0. The van der Waals surface area contributed by atoms with E-state index in [1.807, 2.05) is 0 Å². The standard InChI is InChI=1S/C11H16N4O5/c12-6(4-7(16)17)8(18)15-3-1-2-11(5-15)9(19)13-10(20)14-11/h6H,1-5,12H2,(H,16,17)(H2,13,14,19,20). The Morgan fingerprint density at radius 1 is 1.45 bits per heavy atom. The van der Waals surface area contributed by atoms with Crippen LogP contribution < -0.4 is 16.4 Å². The average Bonchev–Trinajstić information content (AvgIpc) is 2.62. The van der Waals surface area contributed by atoms with E-state index in [1.165, 1.54) is 4.90 Å². The first-order chi connectivity index (χ1) is 9.34. The van der Waals surface area contributed by atoms with Crippen molar-refractivity contribution in [3.05, 3.63) is 0 Å². The van der Waals surface area contributed by atoms with Gasteiger partial charge in [-0.1, -0.05) is 0 Å². The maximum absolute atomic E-state index is 12.1. The highest BCUT2D eigenvalue weighted by Gasteiger charge is 2.49. The highest BCUT2D eigenvalue weighted by molar-refractivity contribution is 6.07. The van der Waals surface area contributed by atoms with Crippen LogP contribution in [0.25, 0.3) is 0 Å². The fourth-order valence-electron chi connectivity index (χ4n) is 2.57. The van der Waals surface area contributed by atoms with Crippen molar-refractivity contribution >= 4 is 23.8 Å². The summed E-state index contributed by atoms with van der Waals surface area (Å²) in [4.78, 5) is 47.0. The molecule has 0 radical (unpaired) electrons. The lowest BCUT2D eigenvalue weighted by Crippen LogP contribution is -2.61. The molecule has 110 valence electrons. The van der Waals surface area contributed by atoms with Crippen molar-refractivity contribution in [2.75, 3.05) is 13.1 Å². The van der Waals surface area contributed by atoms with Crippen molar-refractivity contribution in [2.45, 2.75) is 30.8 Å². The number of piperidine rings is 1. The molecule has 9 heteroatoms. The van der Waals surface area contributed by atoms with Crippen LogP contribution in [0.3, 0.4) is 0 Å². The van der Waals surface area contributed by atoms with Crippen molar-refractivity contribution in [3.8, 4) is 0 Å². The van der Waals surface area contributed by atoms with Gasteiger partial charge in [0.1, 0.15) is 5.54 Å². The molecular formula is C11H16N4O5. The van der Waals surface area contributed by atoms with Crippen molar-refractivity contribution in [1.29, 1.82) is 0 Å². The number of aliphatic carboxylic acids is 1. The van der Waals surface area contributed by atoms with E-state index >= 15 is 0 Å². The lowest BCUT2D eigenvalue weighted by Gasteiger charge is -2.38. The fraction of sp³-hybridized carbons (Fsp3) is 0.636. The van der Waals surface area contributed by atoms with Crippen molar-refractivity contribution in [2.24, 2.45) is 5.73 Å². The number of imide groups is 1. The highest BCUT2D eigenvalue weighted by Crippen LogP contribution is 2.24. The number of hydrogen-bond acceptors (Lipinski definition) is 5. The quantitative estimate of drug-likeness (QED) is 0.441. The van der Waals surface area contributed by atoms with Crippen LogP contribution in [0.2, 0.25) is 0 Å². The average molecular weight is 284 g/mol. The van der Waals surface area contributed by atoms with Crippen molar-refractivity contribution in [3.63, 3.8) is 0 Å². The van der Waals surface area contributed by atoms with Gasteiger partial charge in [0, 0.05) is 6.54 Å². The zero-order valence-electron chi connectivity index (χ0n) is 10.7. The van der Waals surface area contributed by atoms with Crippen LogP contribution >= 0.6 is 0 Å². The molecule has 2 atom stereocenters. The van der Waals surface area contributed by atoms with Gasteiger partial charge in [0.05, 0.1) is 19.0 Å². The second kappa shape index (κ2) is 5.08. The number of carbonyl (C=O) groups is 4. The van der Waals surface area contributed by atoms with Gasteiger partial charge in [-0.05, 0) is 12.8 Å². The second-order valence-electron chi connectivity index (χ2n) is 5.06. The first-order valence-electron chi connectivity index (χ1n) is 6.24. The van der Waals surface area contributed by atoms with Crippen LogP contribution in [0.5, 0.6) is 0 Å². The van der Waals surface area contributed by atoms with Gasteiger partial charge in [-0.2, -0.15) is 0 Å². The Labute approximate surface area is 114 Å². The molecular weight excluding hydrogens is 268 g/mol. The van der Waals surface area contributed by atoms with E-state index in [4.69, 9.17) is 10.8 Å². The molecule has 20 heavy (non-hydrogen) atoms.